The van der Waals surface area contributed by atoms with E-state index in [4.69, 9.17) is 5.26 Å². The topological polar surface area (TPSA) is 99.3 Å². The largest absolute Gasteiger partial charge is 0.365 e. The zero-order chi connectivity index (χ0) is 15.3. The van der Waals surface area contributed by atoms with Crippen molar-refractivity contribution in [2.75, 3.05) is 19.0 Å². The average Bonchev–Trinajstić information content (AvgIpc) is 2.45. The molecule has 106 valence electrons. The van der Waals surface area contributed by atoms with Crippen LogP contribution in [0.4, 0.5) is 11.4 Å². The molecule has 0 saturated heterocycles. The molecule has 0 aliphatic heterocycles. The Kier molecular flexibility index (Phi) is 5.03. The van der Waals surface area contributed by atoms with Crippen LogP contribution in [0.2, 0.25) is 0 Å². The molecule has 20 heavy (non-hydrogen) atoms. The molecule has 0 saturated carbocycles. The van der Waals surface area contributed by atoms with Gasteiger partial charge in [-0.2, -0.15) is 5.26 Å². The summed E-state index contributed by atoms with van der Waals surface area (Å²) in [6.07, 6.45) is 0.255. The van der Waals surface area contributed by atoms with Gasteiger partial charge in [-0.05, 0) is 19.1 Å². The fraction of sp³-hybridized carbons (Fsp3) is 0.385. The lowest BCUT2D eigenvalue weighted by Gasteiger charge is -2.24. The summed E-state index contributed by atoms with van der Waals surface area (Å²) in [5.41, 5.74) is 0.452. The molecule has 7 heteroatoms. The number of hydrogen-bond acceptors (Lipinski definition) is 5. The molecule has 0 aromatic heterocycles. The number of nitrogens with zero attached hydrogens (tertiary/aromatic N) is 3. The first kappa shape index (κ1) is 15.4. The summed E-state index contributed by atoms with van der Waals surface area (Å²) >= 11 is 0. The molecule has 1 amide bonds. The second-order valence-electron chi connectivity index (χ2n) is 4.36. The van der Waals surface area contributed by atoms with Crippen LogP contribution in [0.3, 0.4) is 0 Å². The predicted molar refractivity (Wildman–Crippen MR) is 74.6 cm³/mol. The quantitative estimate of drug-likeness (QED) is 0.651. The van der Waals surface area contributed by atoms with Gasteiger partial charge in [-0.1, -0.05) is 0 Å². The summed E-state index contributed by atoms with van der Waals surface area (Å²) in [5, 5.41) is 22.3. The number of anilines is 1. The van der Waals surface area contributed by atoms with Crippen molar-refractivity contribution < 1.29 is 9.72 Å². The van der Waals surface area contributed by atoms with E-state index >= 15 is 0 Å². The van der Waals surface area contributed by atoms with Gasteiger partial charge in [0.1, 0.15) is 5.69 Å². The second kappa shape index (κ2) is 6.52. The summed E-state index contributed by atoms with van der Waals surface area (Å²) < 4.78 is 0. The molecule has 0 aliphatic carbocycles. The predicted octanol–water partition coefficient (Wildman–Crippen LogP) is 1.69. The summed E-state index contributed by atoms with van der Waals surface area (Å²) in [6, 6.07) is 6.16. The Morgan fingerprint density at radius 1 is 1.60 bits per heavy atom. The van der Waals surface area contributed by atoms with Crippen LogP contribution in [0.1, 0.15) is 23.7 Å². The number of nitriles is 1. The number of rotatable bonds is 5. The van der Waals surface area contributed by atoms with E-state index in [-0.39, 0.29) is 29.6 Å². The highest BCUT2D eigenvalue weighted by molar-refractivity contribution is 5.95. The summed E-state index contributed by atoms with van der Waals surface area (Å²) in [7, 11) is 3.15. The van der Waals surface area contributed by atoms with Crippen molar-refractivity contribution in [3.63, 3.8) is 0 Å². The Hall–Kier alpha value is -2.62. The Balaban J connectivity index is 3.24. The number of hydrogen-bond donors (Lipinski definition) is 1. The monoisotopic (exact) mass is 276 g/mol. The minimum Gasteiger partial charge on any atom is -0.365 e. The van der Waals surface area contributed by atoms with Crippen molar-refractivity contribution in [2.45, 2.75) is 19.4 Å². The number of nitrogens with one attached hydrogen (secondary N) is 1. The smallest absolute Gasteiger partial charge is 0.293 e. The van der Waals surface area contributed by atoms with E-state index in [1.807, 2.05) is 6.07 Å². The number of carbonyl (C=O) groups excluding carboxylic acids is 1. The standard InChI is InChI=1S/C13H16N4O3/c1-9(6-7-14)16(3)11-5-4-10(13(18)15-2)8-12(11)17(19)20/h4-5,8-9H,6H2,1-3H3,(H,15,18). The third-order valence-electron chi connectivity index (χ3n) is 3.09. The minimum atomic E-state index is -0.530. The molecule has 0 heterocycles. The van der Waals surface area contributed by atoms with Gasteiger partial charge in [0.15, 0.2) is 0 Å². The van der Waals surface area contributed by atoms with Crippen LogP contribution in [0.25, 0.3) is 0 Å². The molecule has 0 aliphatic rings. The van der Waals surface area contributed by atoms with Gasteiger partial charge in [0.25, 0.3) is 11.6 Å². The van der Waals surface area contributed by atoms with Gasteiger partial charge in [-0.25, -0.2) is 0 Å². The molecule has 0 radical (unpaired) electrons. The Labute approximate surface area is 117 Å². The van der Waals surface area contributed by atoms with E-state index in [0.29, 0.717) is 5.69 Å². The highest BCUT2D eigenvalue weighted by atomic mass is 16.6. The first-order chi connectivity index (χ1) is 9.42. The van der Waals surface area contributed by atoms with Gasteiger partial charge in [-0.15, -0.1) is 0 Å². The van der Waals surface area contributed by atoms with E-state index in [2.05, 4.69) is 5.32 Å². The fourth-order valence-electron chi connectivity index (χ4n) is 1.76. The number of carbonyl (C=O) groups is 1. The van der Waals surface area contributed by atoms with Gasteiger partial charge in [0.05, 0.1) is 17.4 Å². The van der Waals surface area contributed by atoms with Crippen molar-refractivity contribution >= 4 is 17.3 Å². The van der Waals surface area contributed by atoms with Gasteiger partial charge < -0.3 is 10.2 Å². The van der Waals surface area contributed by atoms with E-state index < -0.39 is 4.92 Å². The molecule has 1 unspecified atom stereocenters. The molecule has 1 rings (SSSR count). The zero-order valence-corrected chi connectivity index (χ0v) is 11.6. The van der Waals surface area contributed by atoms with Gasteiger partial charge in [0, 0.05) is 31.8 Å². The fourth-order valence-corrected chi connectivity index (χ4v) is 1.76. The number of amides is 1. The van der Waals surface area contributed by atoms with Crippen molar-refractivity contribution in [1.29, 1.82) is 5.26 Å². The molecule has 1 aromatic rings. The van der Waals surface area contributed by atoms with Crippen LogP contribution < -0.4 is 10.2 Å². The Morgan fingerprint density at radius 2 is 2.25 bits per heavy atom. The first-order valence-corrected chi connectivity index (χ1v) is 6.02. The van der Waals surface area contributed by atoms with E-state index in [0.717, 1.165) is 0 Å². The third-order valence-corrected chi connectivity index (χ3v) is 3.09. The van der Waals surface area contributed by atoms with Gasteiger partial charge >= 0.3 is 0 Å². The maximum atomic E-state index is 11.5. The van der Waals surface area contributed by atoms with Gasteiger partial charge in [-0.3, -0.25) is 14.9 Å². The summed E-state index contributed by atoms with van der Waals surface area (Å²) in [6.45, 7) is 1.81. The molecule has 0 bridgehead atoms. The highest BCUT2D eigenvalue weighted by Gasteiger charge is 2.22. The van der Waals surface area contributed by atoms with Crippen LogP contribution in [-0.2, 0) is 0 Å². The SMILES string of the molecule is CNC(=O)c1ccc(N(C)C(C)CC#N)c([N+](=O)[O-])c1. The first-order valence-electron chi connectivity index (χ1n) is 6.02. The second-order valence-corrected chi connectivity index (χ2v) is 4.36. The molecule has 7 nitrogen and oxygen atoms in total. The molecule has 1 atom stereocenters. The van der Waals surface area contributed by atoms with Crippen molar-refractivity contribution in [3.8, 4) is 6.07 Å². The lowest BCUT2D eigenvalue weighted by Crippen LogP contribution is -2.29. The number of benzene rings is 1. The molecule has 1 aromatic carbocycles. The summed E-state index contributed by atoms with van der Waals surface area (Å²) in [5.74, 6) is -0.382. The van der Waals surface area contributed by atoms with Crippen molar-refractivity contribution in [3.05, 3.63) is 33.9 Å². The molecule has 1 N–H and O–H groups in total. The normalized spacial score (nSPS) is 11.3. The average molecular weight is 276 g/mol. The number of nitro groups is 1. The highest BCUT2D eigenvalue weighted by Crippen LogP contribution is 2.30. The minimum absolute atomic E-state index is 0.154. The van der Waals surface area contributed by atoms with E-state index in [9.17, 15) is 14.9 Å². The Morgan fingerprint density at radius 3 is 2.75 bits per heavy atom. The lowest BCUT2D eigenvalue weighted by atomic mass is 10.1. The van der Waals surface area contributed by atoms with Crippen LogP contribution >= 0.6 is 0 Å². The molecular weight excluding hydrogens is 260 g/mol. The zero-order valence-electron chi connectivity index (χ0n) is 11.6. The third kappa shape index (κ3) is 3.23. The van der Waals surface area contributed by atoms with Crippen molar-refractivity contribution in [2.24, 2.45) is 0 Å². The van der Waals surface area contributed by atoms with Crippen molar-refractivity contribution in [1.82, 2.24) is 5.32 Å². The van der Waals surface area contributed by atoms with Crippen LogP contribution in [0.5, 0.6) is 0 Å². The molecular formula is C13H16N4O3. The number of nitro benzene ring substituents is 1. The molecule has 0 fully saturated rings. The van der Waals surface area contributed by atoms with E-state index in [1.165, 1.54) is 25.2 Å². The molecule has 0 spiro atoms. The summed E-state index contributed by atoms with van der Waals surface area (Å²) in [4.78, 5) is 23.8. The van der Waals surface area contributed by atoms with Crippen LogP contribution in [0, 0.1) is 21.4 Å². The maximum Gasteiger partial charge on any atom is 0.293 e. The van der Waals surface area contributed by atoms with Gasteiger partial charge in [0.2, 0.25) is 0 Å². The van der Waals surface area contributed by atoms with Crippen LogP contribution in [0.15, 0.2) is 18.2 Å². The lowest BCUT2D eigenvalue weighted by molar-refractivity contribution is -0.384. The van der Waals surface area contributed by atoms with Crippen LogP contribution in [-0.4, -0.2) is 31.0 Å². The maximum absolute atomic E-state index is 11.5. The van der Waals surface area contributed by atoms with E-state index in [1.54, 1.807) is 18.9 Å². The Bertz CT molecular complexity index is 565.